The average Bonchev–Trinajstić information content (AvgIpc) is 3.18. The second kappa shape index (κ2) is 6.43. The van der Waals surface area contributed by atoms with Gasteiger partial charge in [-0.05, 0) is 26.0 Å². The topological polar surface area (TPSA) is 59.1 Å². The highest BCUT2D eigenvalue weighted by atomic mass is 32.2. The lowest BCUT2D eigenvalue weighted by atomic mass is 10.4. The molecule has 0 radical (unpaired) electrons. The normalized spacial score (nSPS) is 16.2. The molecular weight excluding hydrogens is 260 g/mol. The molecule has 2 N–H and O–H groups in total. The number of nitrogens with zero attached hydrogens (tertiary/aromatic N) is 2. The Hall–Kier alpha value is -1.01. The van der Waals surface area contributed by atoms with Gasteiger partial charge in [-0.15, -0.1) is 0 Å². The van der Waals surface area contributed by atoms with Crippen LogP contribution in [0, 0.1) is 0 Å². The summed E-state index contributed by atoms with van der Waals surface area (Å²) < 4.78 is 5.53. The number of anilines is 2. The van der Waals surface area contributed by atoms with Crippen LogP contribution in [0.2, 0.25) is 0 Å². The van der Waals surface area contributed by atoms with Gasteiger partial charge in [-0.3, -0.25) is 0 Å². The summed E-state index contributed by atoms with van der Waals surface area (Å²) in [7, 11) is 1.66. The van der Waals surface area contributed by atoms with Gasteiger partial charge in [0.05, 0.1) is 0 Å². The third-order valence-corrected chi connectivity index (χ3v) is 4.65. The molecule has 1 aromatic heterocycles. The summed E-state index contributed by atoms with van der Waals surface area (Å²) in [4.78, 5) is 8.87. The number of methoxy groups -OCH3 is 1. The van der Waals surface area contributed by atoms with Crippen molar-refractivity contribution in [1.29, 1.82) is 0 Å². The molecule has 5 nitrogen and oxygen atoms in total. The molecule has 0 bridgehead atoms. The Morgan fingerprint density at radius 2 is 2.00 bits per heavy atom. The fraction of sp³-hybridized carbons (Fsp3) is 0.692. The van der Waals surface area contributed by atoms with Crippen molar-refractivity contribution in [1.82, 2.24) is 9.97 Å². The first kappa shape index (κ1) is 14.4. The number of hydrogen-bond acceptors (Lipinski definition) is 6. The van der Waals surface area contributed by atoms with E-state index in [2.05, 4.69) is 33.8 Å². The second-order valence-corrected chi connectivity index (χ2v) is 6.03. The lowest BCUT2D eigenvalue weighted by molar-refractivity contribution is 0.178. The summed E-state index contributed by atoms with van der Waals surface area (Å²) in [5, 5.41) is 6.65. The predicted octanol–water partition coefficient (Wildman–Crippen LogP) is 2.36. The molecule has 6 heteroatoms. The Morgan fingerprint density at radius 1 is 1.32 bits per heavy atom. The van der Waals surface area contributed by atoms with E-state index in [-0.39, 0.29) is 0 Å². The van der Waals surface area contributed by atoms with Gasteiger partial charge < -0.3 is 15.4 Å². The van der Waals surface area contributed by atoms with Gasteiger partial charge in [0.1, 0.15) is 18.2 Å². The summed E-state index contributed by atoms with van der Waals surface area (Å²) in [5.41, 5.74) is 0. The Balaban J connectivity index is 2.04. The lowest BCUT2D eigenvalue weighted by Gasteiger charge is -2.15. The first-order valence-corrected chi connectivity index (χ1v) is 7.83. The first-order valence-electron chi connectivity index (χ1n) is 6.61. The van der Waals surface area contributed by atoms with Crippen molar-refractivity contribution in [2.45, 2.75) is 31.1 Å². The molecule has 1 aliphatic carbocycles. The van der Waals surface area contributed by atoms with Gasteiger partial charge in [-0.25, -0.2) is 9.97 Å². The van der Waals surface area contributed by atoms with Gasteiger partial charge in [0, 0.05) is 31.0 Å². The molecule has 0 atom stereocenters. The average molecular weight is 282 g/mol. The fourth-order valence-electron chi connectivity index (χ4n) is 1.90. The van der Waals surface area contributed by atoms with Crippen LogP contribution < -0.4 is 10.6 Å². The van der Waals surface area contributed by atoms with Gasteiger partial charge in [-0.2, -0.15) is 11.8 Å². The number of thioether (sulfide) groups is 1. The molecule has 0 saturated heterocycles. The molecule has 0 aromatic carbocycles. The molecule has 0 unspecified atom stereocenters. The van der Waals surface area contributed by atoms with Crippen LogP contribution in [0.3, 0.4) is 0 Å². The molecule has 0 amide bonds. The minimum atomic E-state index is 0.421. The molecule has 1 saturated carbocycles. The molecule has 19 heavy (non-hydrogen) atoms. The Bertz CT molecular complexity index is 399. The summed E-state index contributed by atoms with van der Waals surface area (Å²) in [6, 6.07) is 1.96. The van der Waals surface area contributed by atoms with E-state index >= 15 is 0 Å². The van der Waals surface area contributed by atoms with E-state index in [9.17, 15) is 0 Å². The maximum absolute atomic E-state index is 5.11. The van der Waals surface area contributed by atoms with E-state index in [4.69, 9.17) is 4.74 Å². The Labute approximate surface area is 118 Å². The SMILES string of the molecule is CCNc1cc(NCC2(SC)CC2)nc(COC)n1. The van der Waals surface area contributed by atoms with Crippen LogP contribution in [0.5, 0.6) is 0 Å². The zero-order chi connectivity index (χ0) is 13.7. The fourth-order valence-corrected chi connectivity index (χ4v) is 2.62. The summed E-state index contributed by atoms with van der Waals surface area (Å²) >= 11 is 1.94. The highest BCUT2D eigenvalue weighted by Gasteiger charge is 2.41. The zero-order valence-electron chi connectivity index (χ0n) is 11.8. The summed E-state index contributed by atoms with van der Waals surface area (Å²) in [5.74, 6) is 2.43. The molecule has 106 valence electrons. The third kappa shape index (κ3) is 3.98. The van der Waals surface area contributed by atoms with Crippen LogP contribution in [0.4, 0.5) is 11.6 Å². The minimum Gasteiger partial charge on any atom is -0.377 e. The van der Waals surface area contributed by atoms with Crippen molar-refractivity contribution < 1.29 is 4.74 Å². The Kier molecular flexibility index (Phi) is 4.87. The Morgan fingerprint density at radius 3 is 2.53 bits per heavy atom. The third-order valence-electron chi connectivity index (χ3n) is 3.24. The van der Waals surface area contributed by atoms with Crippen LogP contribution in [0.25, 0.3) is 0 Å². The van der Waals surface area contributed by atoms with Crippen LogP contribution >= 0.6 is 11.8 Å². The van der Waals surface area contributed by atoms with E-state index in [1.54, 1.807) is 7.11 Å². The van der Waals surface area contributed by atoms with Crippen LogP contribution in [-0.2, 0) is 11.3 Å². The molecule has 1 aromatic rings. The van der Waals surface area contributed by atoms with Gasteiger partial charge in [-0.1, -0.05) is 0 Å². The highest BCUT2D eigenvalue weighted by Crippen LogP contribution is 2.46. The van der Waals surface area contributed by atoms with Crippen LogP contribution in [0.1, 0.15) is 25.6 Å². The van der Waals surface area contributed by atoms with E-state index < -0.39 is 0 Å². The predicted molar refractivity (Wildman–Crippen MR) is 80.9 cm³/mol. The number of rotatable bonds is 8. The molecule has 1 heterocycles. The van der Waals surface area contributed by atoms with Gasteiger partial charge >= 0.3 is 0 Å². The quantitative estimate of drug-likeness (QED) is 0.763. The van der Waals surface area contributed by atoms with Gasteiger partial charge in [0.2, 0.25) is 0 Å². The number of nitrogens with one attached hydrogen (secondary N) is 2. The minimum absolute atomic E-state index is 0.421. The number of hydrogen-bond donors (Lipinski definition) is 2. The van der Waals surface area contributed by atoms with E-state index in [1.807, 2.05) is 17.8 Å². The molecule has 1 aliphatic rings. The summed E-state index contributed by atoms with van der Waals surface area (Å²) in [6.45, 7) is 4.29. The van der Waals surface area contributed by atoms with Crippen molar-refractivity contribution in [3.8, 4) is 0 Å². The molecule has 1 fully saturated rings. The van der Waals surface area contributed by atoms with Crippen LogP contribution in [0.15, 0.2) is 6.07 Å². The van der Waals surface area contributed by atoms with Gasteiger partial charge in [0.15, 0.2) is 5.82 Å². The molecule has 0 aliphatic heterocycles. The van der Waals surface area contributed by atoms with Gasteiger partial charge in [0.25, 0.3) is 0 Å². The highest BCUT2D eigenvalue weighted by molar-refractivity contribution is 8.00. The molecular formula is C13H22N4OS. The molecule has 2 rings (SSSR count). The van der Waals surface area contributed by atoms with Crippen molar-refractivity contribution in [3.05, 3.63) is 11.9 Å². The largest absolute Gasteiger partial charge is 0.377 e. The van der Waals surface area contributed by atoms with Crippen molar-refractivity contribution in [2.75, 3.05) is 37.1 Å². The smallest absolute Gasteiger partial charge is 0.158 e. The molecule has 0 spiro atoms. The maximum atomic E-state index is 5.11. The second-order valence-electron chi connectivity index (χ2n) is 4.76. The van der Waals surface area contributed by atoms with Crippen LogP contribution in [-0.4, -0.2) is 41.2 Å². The van der Waals surface area contributed by atoms with E-state index in [0.29, 0.717) is 17.2 Å². The van der Waals surface area contributed by atoms with E-state index in [0.717, 1.165) is 24.7 Å². The summed E-state index contributed by atoms with van der Waals surface area (Å²) in [6.07, 6.45) is 4.75. The first-order chi connectivity index (χ1) is 9.21. The maximum Gasteiger partial charge on any atom is 0.158 e. The van der Waals surface area contributed by atoms with Crippen molar-refractivity contribution in [2.24, 2.45) is 0 Å². The standard InChI is InChI=1S/C13H22N4OS/c1-4-14-10-7-11(17-12(16-10)8-18-2)15-9-13(19-3)5-6-13/h7H,4-6,8-9H2,1-3H3,(H2,14,15,16,17). The lowest BCUT2D eigenvalue weighted by Crippen LogP contribution is -2.19. The zero-order valence-corrected chi connectivity index (χ0v) is 12.6. The number of aromatic nitrogens is 2. The monoisotopic (exact) mass is 282 g/mol. The van der Waals surface area contributed by atoms with E-state index in [1.165, 1.54) is 12.8 Å². The van der Waals surface area contributed by atoms with Crippen molar-refractivity contribution in [3.63, 3.8) is 0 Å². The van der Waals surface area contributed by atoms with Crippen molar-refractivity contribution >= 4 is 23.4 Å². The number of ether oxygens (including phenoxy) is 1.